The molecule has 1 unspecified atom stereocenters. The predicted molar refractivity (Wildman–Crippen MR) is 129 cm³/mol. The molecule has 9 nitrogen and oxygen atoms in total. The Labute approximate surface area is 200 Å². The lowest BCUT2D eigenvalue weighted by molar-refractivity contribution is -0.384. The fraction of sp³-hybridized carbons (Fsp3) is 0.560. The van der Waals surface area contributed by atoms with Gasteiger partial charge >= 0.3 is 5.97 Å². The number of hydrogen-bond donors (Lipinski definition) is 1. The number of amides is 2. The number of unbranched alkanes of at least 4 members (excludes halogenated alkanes) is 7. The van der Waals surface area contributed by atoms with E-state index >= 15 is 0 Å². The lowest BCUT2D eigenvalue weighted by Crippen LogP contribution is -2.57. The zero-order valence-corrected chi connectivity index (χ0v) is 19.9. The minimum absolute atomic E-state index is 0.0796. The molecule has 9 heteroatoms. The van der Waals surface area contributed by atoms with E-state index in [-0.39, 0.29) is 18.7 Å². The summed E-state index contributed by atoms with van der Waals surface area (Å²) in [6.45, 7) is 3.05. The van der Waals surface area contributed by atoms with Crippen LogP contribution in [0.3, 0.4) is 0 Å². The molecule has 0 radical (unpaired) electrons. The monoisotopic (exact) mass is 473 g/mol. The van der Waals surface area contributed by atoms with E-state index in [1.54, 1.807) is 6.07 Å². The topological polar surface area (TPSA) is 119 Å². The SMILES string of the molecule is CCCCCCCCCCOC(=O)CC1C(=O)NCCN1C(=O)/C=C/c1cccc([N+](=O)[O-])c1. The van der Waals surface area contributed by atoms with E-state index in [4.69, 9.17) is 4.74 Å². The normalized spacial score (nSPS) is 15.9. The Kier molecular flexibility index (Phi) is 11.8. The molecule has 2 amide bonds. The zero-order valence-electron chi connectivity index (χ0n) is 19.9. The summed E-state index contributed by atoms with van der Waals surface area (Å²) in [5.41, 5.74) is 0.411. The van der Waals surface area contributed by atoms with Crippen molar-refractivity contribution in [3.63, 3.8) is 0 Å². The van der Waals surface area contributed by atoms with Gasteiger partial charge in [-0.15, -0.1) is 0 Å². The van der Waals surface area contributed by atoms with Crippen LogP contribution < -0.4 is 5.32 Å². The van der Waals surface area contributed by atoms with Gasteiger partial charge < -0.3 is 15.0 Å². The quantitative estimate of drug-likeness (QED) is 0.143. The van der Waals surface area contributed by atoms with E-state index < -0.39 is 28.7 Å². The third-order valence-corrected chi connectivity index (χ3v) is 5.73. The Morgan fingerprint density at radius 1 is 1.18 bits per heavy atom. The number of benzene rings is 1. The molecule has 1 saturated heterocycles. The molecule has 34 heavy (non-hydrogen) atoms. The van der Waals surface area contributed by atoms with E-state index in [0.29, 0.717) is 18.7 Å². The molecule has 0 saturated carbocycles. The maximum atomic E-state index is 12.7. The summed E-state index contributed by atoms with van der Waals surface area (Å²) in [6.07, 6.45) is 11.6. The number of nitrogens with one attached hydrogen (secondary N) is 1. The highest BCUT2D eigenvalue weighted by Gasteiger charge is 2.34. The number of carbonyl (C=O) groups excluding carboxylic acids is 3. The van der Waals surface area contributed by atoms with Crippen molar-refractivity contribution in [3.05, 3.63) is 46.0 Å². The highest BCUT2D eigenvalue weighted by Crippen LogP contribution is 2.16. The van der Waals surface area contributed by atoms with Crippen molar-refractivity contribution >= 4 is 29.5 Å². The molecule has 1 heterocycles. The maximum absolute atomic E-state index is 12.7. The first-order valence-corrected chi connectivity index (χ1v) is 12.1. The molecular formula is C25H35N3O6. The molecule has 1 fully saturated rings. The van der Waals surface area contributed by atoms with Crippen molar-refractivity contribution < 1.29 is 24.0 Å². The predicted octanol–water partition coefficient (Wildman–Crippen LogP) is 4.01. The number of hydrogen-bond acceptors (Lipinski definition) is 6. The summed E-state index contributed by atoms with van der Waals surface area (Å²) >= 11 is 0. The van der Waals surface area contributed by atoms with Gasteiger partial charge in [0.05, 0.1) is 18.0 Å². The third-order valence-electron chi connectivity index (χ3n) is 5.73. The first-order valence-electron chi connectivity index (χ1n) is 12.1. The molecule has 1 aromatic carbocycles. The molecular weight excluding hydrogens is 438 g/mol. The standard InChI is InChI=1S/C25H35N3O6/c1-2-3-4-5-6-7-8-9-17-34-24(30)19-22-25(31)26-15-16-27(22)23(29)14-13-20-11-10-12-21(18-20)28(32)33/h10-14,18,22H,2-9,15-17,19H2,1H3,(H,26,31)/b14-13+. The van der Waals surface area contributed by atoms with Gasteiger partial charge in [0.2, 0.25) is 11.8 Å². The second kappa shape index (κ2) is 14.8. The zero-order chi connectivity index (χ0) is 24.8. The van der Waals surface area contributed by atoms with Crippen molar-refractivity contribution in [2.24, 2.45) is 0 Å². The van der Waals surface area contributed by atoms with Crippen molar-refractivity contribution in [2.45, 2.75) is 70.8 Å². The molecule has 1 aromatic rings. The summed E-state index contributed by atoms with van der Waals surface area (Å²) < 4.78 is 5.29. The average molecular weight is 474 g/mol. The maximum Gasteiger partial charge on any atom is 0.308 e. The van der Waals surface area contributed by atoms with Gasteiger partial charge in [-0.25, -0.2) is 0 Å². The first kappa shape index (κ1) is 27.0. The summed E-state index contributed by atoms with van der Waals surface area (Å²) in [5.74, 6) is -1.35. The number of nitro benzene ring substituents is 1. The third kappa shape index (κ3) is 9.33. The number of esters is 1. The molecule has 1 aliphatic rings. The van der Waals surface area contributed by atoms with Crippen molar-refractivity contribution in [3.8, 4) is 0 Å². The van der Waals surface area contributed by atoms with Gasteiger partial charge in [0, 0.05) is 31.3 Å². The lowest BCUT2D eigenvalue weighted by atomic mass is 10.1. The van der Waals surface area contributed by atoms with Crippen molar-refractivity contribution in [2.75, 3.05) is 19.7 Å². The Morgan fingerprint density at radius 2 is 1.88 bits per heavy atom. The molecule has 2 rings (SSSR count). The van der Waals surface area contributed by atoms with Gasteiger partial charge in [-0.1, -0.05) is 64.0 Å². The van der Waals surface area contributed by atoms with Gasteiger partial charge in [-0.05, 0) is 18.1 Å². The van der Waals surface area contributed by atoms with Crippen LogP contribution in [-0.2, 0) is 19.1 Å². The minimum atomic E-state index is -0.943. The van der Waals surface area contributed by atoms with Crippen molar-refractivity contribution in [1.82, 2.24) is 10.2 Å². The molecule has 1 aliphatic heterocycles. The number of rotatable bonds is 14. The Balaban J connectivity index is 1.81. The molecule has 0 aromatic heterocycles. The largest absolute Gasteiger partial charge is 0.466 e. The van der Waals surface area contributed by atoms with E-state index in [9.17, 15) is 24.5 Å². The molecule has 186 valence electrons. The van der Waals surface area contributed by atoms with E-state index in [1.807, 2.05) is 0 Å². The number of piperazine rings is 1. The Morgan fingerprint density at radius 3 is 2.59 bits per heavy atom. The summed E-state index contributed by atoms with van der Waals surface area (Å²) in [4.78, 5) is 49.1. The van der Waals surface area contributed by atoms with Crippen LogP contribution in [0.5, 0.6) is 0 Å². The fourth-order valence-corrected chi connectivity index (χ4v) is 3.83. The Bertz CT molecular complexity index is 870. The highest BCUT2D eigenvalue weighted by atomic mass is 16.6. The van der Waals surface area contributed by atoms with Crippen LogP contribution >= 0.6 is 0 Å². The lowest BCUT2D eigenvalue weighted by Gasteiger charge is -2.33. The summed E-state index contributed by atoms with van der Waals surface area (Å²) in [7, 11) is 0. The van der Waals surface area contributed by atoms with Crippen LogP contribution in [0.1, 0.15) is 70.3 Å². The number of nitro groups is 1. The minimum Gasteiger partial charge on any atom is -0.466 e. The van der Waals surface area contributed by atoms with Crippen LogP contribution in [0, 0.1) is 10.1 Å². The smallest absolute Gasteiger partial charge is 0.308 e. The van der Waals surface area contributed by atoms with Crippen LogP contribution in [-0.4, -0.2) is 53.3 Å². The molecule has 0 aliphatic carbocycles. The van der Waals surface area contributed by atoms with Gasteiger partial charge in [0.25, 0.3) is 5.69 Å². The van der Waals surface area contributed by atoms with Crippen molar-refractivity contribution in [1.29, 1.82) is 0 Å². The molecule has 0 bridgehead atoms. The van der Waals surface area contributed by atoms with Gasteiger partial charge in [-0.2, -0.15) is 0 Å². The van der Waals surface area contributed by atoms with Gasteiger partial charge in [0.15, 0.2) is 0 Å². The fourth-order valence-electron chi connectivity index (χ4n) is 3.83. The van der Waals surface area contributed by atoms with Gasteiger partial charge in [-0.3, -0.25) is 24.5 Å². The second-order valence-electron chi connectivity index (χ2n) is 8.42. The van der Waals surface area contributed by atoms with E-state index in [1.165, 1.54) is 67.4 Å². The number of nitrogens with zero attached hydrogens (tertiary/aromatic N) is 2. The number of non-ortho nitro benzene ring substituents is 1. The van der Waals surface area contributed by atoms with Crippen LogP contribution in [0.4, 0.5) is 5.69 Å². The summed E-state index contributed by atoms with van der Waals surface area (Å²) in [5, 5.41) is 13.6. The van der Waals surface area contributed by atoms with E-state index in [0.717, 1.165) is 19.3 Å². The second-order valence-corrected chi connectivity index (χ2v) is 8.42. The highest BCUT2D eigenvalue weighted by molar-refractivity contribution is 5.97. The molecule has 0 spiro atoms. The number of carbonyl (C=O) groups is 3. The van der Waals surface area contributed by atoms with Gasteiger partial charge in [0.1, 0.15) is 6.04 Å². The average Bonchev–Trinajstić information content (AvgIpc) is 2.83. The first-order chi connectivity index (χ1) is 16.4. The van der Waals surface area contributed by atoms with E-state index in [2.05, 4.69) is 12.2 Å². The van der Waals surface area contributed by atoms with Crippen LogP contribution in [0.25, 0.3) is 6.08 Å². The summed E-state index contributed by atoms with van der Waals surface area (Å²) in [6, 6.07) is 4.94. The molecule has 1 N–H and O–H groups in total. The molecule has 1 atom stereocenters. The van der Waals surface area contributed by atoms with Crippen LogP contribution in [0.15, 0.2) is 30.3 Å². The van der Waals surface area contributed by atoms with Crippen LogP contribution in [0.2, 0.25) is 0 Å². The number of ether oxygens (including phenoxy) is 1. The Hall–Kier alpha value is -3.23.